The van der Waals surface area contributed by atoms with Crippen LogP contribution in [-0.2, 0) is 5.41 Å². The molecule has 17 heavy (non-hydrogen) atoms. The summed E-state index contributed by atoms with van der Waals surface area (Å²) in [6.07, 6.45) is 0. The van der Waals surface area contributed by atoms with E-state index < -0.39 is 0 Å². The minimum atomic E-state index is 0.00293. The molecule has 0 aliphatic rings. The van der Waals surface area contributed by atoms with Crippen molar-refractivity contribution >= 4 is 25.3 Å². The number of rotatable bonds is 2. The highest BCUT2D eigenvalue weighted by Crippen LogP contribution is 2.32. The van der Waals surface area contributed by atoms with Crippen LogP contribution in [0.25, 0.3) is 0 Å². The lowest BCUT2D eigenvalue weighted by Crippen LogP contribution is -2.18. The fourth-order valence-corrected chi connectivity index (χ4v) is 2.22. The Kier molecular flexibility index (Phi) is 3.55. The lowest BCUT2D eigenvalue weighted by atomic mass is 9.78. The van der Waals surface area contributed by atoms with Crippen LogP contribution in [0.2, 0.25) is 0 Å². The molecule has 0 aliphatic carbocycles. The van der Waals surface area contributed by atoms with Crippen LogP contribution in [-0.4, -0.2) is 0 Å². The van der Waals surface area contributed by atoms with Gasteiger partial charge in [0.05, 0.1) is 0 Å². The molecule has 0 heterocycles. The Balaban J connectivity index is 2.41. The summed E-state index contributed by atoms with van der Waals surface area (Å²) in [7, 11) is 0. The summed E-state index contributed by atoms with van der Waals surface area (Å²) in [4.78, 5) is 1.99. The molecule has 88 valence electrons. The Morgan fingerprint density at radius 2 is 0.941 bits per heavy atom. The van der Waals surface area contributed by atoms with Gasteiger partial charge in [0.25, 0.3) is 0 Å². The van der Waals surface area contributed by atoms with Gasteiger partial charge in [-0.1, -0.05) is 38.1 Å². The van der Waals surface area contributed by atoms with Crippen LogP contribution >= 0.6 is 25.3 Å². The fourth-order valence-electron chi connectivity index (χ4n) is 1.92. The van der Waals surface area contributed by atoms with Gasteiger partial charge in [0, 0.05) is 15.2 Å². The molecule has 0 amide bonds. The molecule has 0 aromatic heterocycles. The molecule has 2 aromatic carbocycles. The number of benzene rings is 2. The molecule has 0 unspecified atom stereocenters. The Labute approximate surface area is 114 Å². The maximum Gasteiger partial charge on any atom is 0.0146 e. The molecular formula is C15H16S2. The van der Waals surface area contributed by atoms with Gasteiger partial charge in [-0.05, 0) is 35.4 Å². The predicted octanol–water partition coefficient (Wildman–Crippen LogP) is 4.59. The highest BCUT2D eigenvalue weighted by atomic mass is 32.1. The predicted molar refractivity (Wildman–Crippen MR) is 79.5 cm³/mol. The highest BCUT2D eigenvalue weighted by Gasteiger charge is 2.22. The Morgan fingerprint density at radius 1 is 0.647 bits per heavy atom. The molecule has 0 saturated heterocycles. The maximum absolute atomic E-state index is 4.32. The van der Waals surface area contributed by atoms with Crippen molar-refractivity contribution in [1.29, 1.82) is 0 Å². The van der Waals surface area contributed by atoms with Crippen molar-refractivity contribution in [3.05, 3.63) is 59.7 Å². The highest BCUT2D eigenvalue weighted by molar-refractivity contribution is 7.80. The van der Waals surface area contributed by atoms with Gasteiger partial charge in [-0.25, -0.2) is 0 Å². The number of hydrogen-bond donors (Lipinski definition) is 2. The van der Waals surface area contributed by atoms with Gasteiger partial charge in [0.15, 0.2) is 0 Å². The van der Waals surface area contributed by atoms with Crippen LogP contribution in [0.4, 0.5) is 0 Å². The third kappa shape index (κ3) is 2.70. The molecule has 2 rings (SSSR count). The van der Waals surface area contributed by atoms with Crippen LogP contribution in [0.1, 0.15) is 25.0 Å². The van der Waals surface area contributed by atoms with Gasteiger partial charge in [-0.3, -0.25) is 0 Å². The largest absolute Gasteiger partial charge is 0.143 e. The quantitative estimate of drug-likeness (QED) is 0.725. The van der Waals surface area contributed by atoms with Crippen molar-refractivity contribution in [2.24, 2.45) is 0 Å². The zero-order valence-corrected chi connectivity index (χ0v) is 11.8. The zero-order chi connectivity index (χ0) is 12.5. The lowest BCUT2D eigenvalue weighted by Gasteiger charge is -2.26. The van der Waals surface area contributed by atoms with Crippen molar-refractivity contribution in [3.8, 4) is 0 Å². The van der Waals surface area contributed by atoms with E-state index in [4.69, 9.17) is 0 Å². The molecule has 0 aliphatic heterocycles. The average molecular weight is 260 g/mol. The summed E-state index contributed by atoms with van der Waals surface area (Å²) in [5.41, 5.74) is 2.59. The molecule has 0 fully saturated rings. The van der Waals surface area contributed by atoms with E-state index in [1.807, 2.05) is 24.3 Å². The summed E-state index contributed by atoms with van der Waals surface area (Å²) in [5.74, 6) is 0. The van der Waals surface area contributed by atoms with Crippen molar-refractivity contribution in [1.82, 2.24) is 0 Å². The fraction of sp³-hybridized carbons (Fsp3) is 0.200. The van der Waals surface area contributed by atoms with Crippen LogP contribution in [0.15, 0.2) is 58.3 Å². The van der Waals surface area contributed by atoms with E-state index in [1.54, 1.807) is 0 Å². The summed E-state index contributed by atoms with van der Waals surface area (Å²) in [6, 6.07) is 16.7. The van der Waals surface area contributed by atoms with E-state index in [0.29, 0.717) is 0 Å². The van der Waals surface area contributed by atoms with Gasteiger partial charge in [-0.15, -0.1) is 25.3 Å². The Hall–Kier alpha value is -0.860. The van der Waals surface area contributed by atoms with Gasteiger partial charge in [-0.2, -0.15) is 0 Å². The van der Waals surface area contributed by atoms with Gasteiger partial charge < -0.3 is 0 Å². The van der Waals surface area contributed by atoms with Crippen molar-refractivity contribution in [3.63, 3.8) is 0 Å². The minimum Gasteiger partial charge on any atom is -0.143 e. The first-order valence-corrected chi connectivity index (χ1v) is 6.48. The second-order valence-electron chi connectivity index (χ2n) is 4.72. The van der Waals surface area contributed by atoms with Crippen LogP contribution in [0, 0.1) is 0 Å². The van der Waals surface area contributed by atoms with Crippen molar-refractivity contribution in [2.75, 3.05) is 0 Å². The Bertz CT molecular complexity index is 448. The van der Waals surface area contributed by atoms with Gasteiger partial charge in [0.1, 0.15) is 0 Å². The molecule has 0 N–H and O–H groups in total. The minimum absolute atomic E-state index is 0.00293. The SMILES string of the molecule is CC(C)(c1ccc(S)cc1)c1ccc(S)cc1. The van der Waals surface area contributed by atoms with Gasteiger partial charge in [0.2, 0.25) is 0 Å². The molecule has 0 radical (unpaired) electrons. The van der Waals surface area contributed by atoms with E-state index in [1.165, 1.54) is 11.1 Å². The molecule has 0 nitrogen and oxygen atoms in total. The van der Waals surface area contributed by atoms with Crippen LogP contribution < -0.4 is 0 Å². The van der Waals surface area contributed by atoms with E-state index in [0.717, 1.165) is 9.79 Å². The van der Waals surface area contributed by atoms with Gasteiger partial charge >= 0.3 is 0 Å². The first kappa shape index (κ1) is 12.6. The Morgan fingerprint density at radius 3 is 1.24 bits per heavy atom. The van der Waals surface area contributed by atoms with E-state index in [-0.39, 0.29) is 5.41 Å². The summed E-state index contributed by atoms with van der Waals surface area (Å²) in [6.45, 7) is 4.46. The molecule has 0 spiro atoms. The second kappa shape index (κ2) is 4.79. The normalized spacial score (nSPS) is 11.5. The van der Waals surface area contributed by atoms with Crippen molar-refractivity contribution in [2.45, 2.75) is 29.1 Å². The summed E-state index contributed by atoms with van der Waals surface area (Å²) < 4.78 is 0. The molecule has 0 bridgehead atoms. The van der Waals surface area contributed by atoms with E-state index in [2.05, 4.69) is 63.4 Å². The average Bonchev–Trinajstić information content (AvgIpc) is 2.30. The van der Waals surface area contributed by atoms with E-state index >= 15 is 0 Å². The van der Waals surface area contributed by atoms with Crippen molar-refractivity contribution < 1.29 is 0 Å². The summed E-state index contributed by atoms with van der Waals surface area (Å²) in [5, 5.41) is 0. The lowest BCUT2D eigenvalue weighted by molar-refractivity contribution is 0.639. The summed E-state index contributed by atoms with van der Waals surface area (Å²) >= 11 is 8.64. The van der Waals surface area contributed by atoms with Crippen LogP contribution in [0.5, 0.6) is 0 Å². The second-order valence-corrected chi connectivity index (χ2v) is 5.75. The number of thiol groups is 2. The van der Waals surface area contributed by atoms with E-state index in [9.17, 15) is 0 Å². The first-order chi connectivity index (χ1) is 8.00. The molecular weight excluding hydrogens is 244 g/mol. The maximum atomic E-state index is 4.32. The monoisotopic (exact) mass is 260 g/mol. The third-order valence-corrected chi connectivity index (χ3v) is 3.77. The zero-order valence-electron chi connectivity index (χ0n) is 10.0. The standard InChI is InChI=1S/C15H16S2/c1-15(2,11-3-7-13(16)8-4-11)12-5-9-14(17)10-6-12/h3-10,16-17H,1-2H3. The third-order valence-electron chi connectivity index (χ3n) is 3.18. The smallest absolute Gasteiger partial charge is 0.0146 e. The molecule has 0 atom stereocenters. The molecule has 0 saturated carbocycles. The molecule has 2 aromatic rings. The topological polar surface area (TPSA) is 0 Å². The number of hydrogen-bond acceptors (Lipinski definition) is 2. The molecule has 2 heteroatoms. The van der Waals surface area contributed by atoms with Crippen LogP contribution in [0.3, 0.4) is 0 Å². The first-order valence-electron chi connectivity index (χ1n) is 5.59.